The van der Waals surface area contributed by atoms with Crippen LogP contribution >= 0.6 is 11.3 Å². The van der Waals surface area contributed by atoms with Crippen LogP contribution in [0.2, 0.25) is 0 Å². The summed E-state index contributed by atoms with van der Waals surface area (Å²) in [6.07, 6.45) is 0.227. The van der Waals surface area contributed by atoms with Crippen molar-refractivity contribution in [2.24, 2.45) is 0 Å². The smallest absolute Gasteiger partial charge is 0.395 e. The van der Waals surface area contributed by atoms with Crippen LogP contribution in [0.3, 0.4) is 0 Å². The Kier molecular flexibility index (Phi) is 2.24. The molecular formula is C7H8O3S. The van der Waals surface area contributed by atoms with Crippen molar-refractivity contribution in [2.45, 2.75) is 20.3 Å². The van der Waals surface area contributed by atoms with Gasteiger partial charge in [0.15, 0.2) is 0 Å². The second kappa shape index (κ2) is 3.00. The fourth-order valence-corrected chi connectivity index (χ4v) is 1.38. The lowest BCUT2D eigenvalue weighted by Crippen LogP contribution is -1.96. The van der Waals surface area contributed by atoms with Crippen molar-refractivity contribution >= 4 is 17.1 Å². The molecule has 0 aliphatic heterocycles. The van der Waals surface area contributed by atoms with Gasteiger partial charge in [0.25, 0.3) is 0 Å². The van der Waals surface area contributed by atoms with Crippen LogP contribution in [0.25, 0.3) is 0 Å². The van der Waals surface area contributed by atoms with Crippen molar-refractivity contribution in [1.82, 2.24) is 0 Å². The first-order valence-electron chi connectivity index (χ1n) is 3.18. The Morgan fingerprint density at radius 2 is 2.27 bits per heavy atom. The van der Waals surface area contributed by atoms with E-state index < -0.39 is 0 Å². The van der Waals surface area contributed by atoms with Crippen LogP contribution in [0.1, 0.15) is 17.6 Å². The maximum Gasteiger partial charge on any atom is 0.395 e. The van der Waals surface area contributed by atoms with Gasteiger partial charge in [-0.05, 0) is 13.8 Å². The average molecular weight is 172 g/mol. The molecule has 0 unspecified atom stereocenters. The molecule has 0 aliphatic carbocycles. The van der Waals surface area contributed by atoms with Gasteiger partial charge in [0.2, 0.25) is 0 Å². The van der Waals surface area contributed by atoms with Gasteiger partial charge < -0.3 is 4.42 Å². The SMILES string of the molecule is CC(=O)Cc1oc(=O)sc1C. The van der Waals surface area contributed by atoms with Gasteiger partial charge in [-0.2, -0.15) is 0 Å². The van der Waals surface area contributed by atoms with E-state index in [0.29, 0.717) is 5.76 Å². The Labute approximate surface area is 67.7 Å². The van der Waals surface area contributed by atoms with Crippen LogP contribution in [-0.4, -0.2) is 5.78 Å². The predicted molar refractivity (Wildman–Crippen MR) is 42.0 cm³/mol. The number of rotatable bonds is 2. The summed E-state index contributed by atoms with van der Waals surface area (Å²) in [5.74, 6) is 0.516. The molecule has 3 nitrogen and oxygen atoms in total. The number of hydrogen-bond donors (Lipinski definition) is 0. The zero-order valence-electron chi connectivity index (χ0n) is 6.34. The summed E-state index contributed by atoms with van der Waals surface area (Å²) in [5.41, 5.74) is 0. The van der Waals surface area contributed by atoms with Gasteiger partial charge in [-0.15, -0.1) is 0 Å². The van der Waals surface area contributed by atoms with Crippen LogP contribution in [0.4, 0.5) is 0 Å². The quantitative estimate of drug-likeness (QED) is 0.672. The molecule has 60 valence electrons. The first-order valence-corrected chi connectivity index (χ1v) is 4.00. The number of ketones is 1. The van der Waals surface area contributed by atoms with Crippen LogP contribution < -0.4 is 4.94 Å². The number of aryl methyl sites for hydroxylation is 1. The molecule has 0 saturated carbocycles. The van der Waals surface area contributed by atoms with Gasteiger partial charge in [-0.25, -0.2) is 4.79 Å². The molecule has 1 aromatic heterocycles. The molecule has 0 amide bonds. The van der Waals surface area contributed by atoms with Crippen molar-refractivity contribution in [3.8, 4) is 0 Å². The van der Waals surface area contributed by atoms with Crippen molar-refractivity contribution in [1.29, 1.82) is 0 Å². The second-order valence-corrected chi connectivity index (χ2v) is 3.46. The Hall–Kier alpha value is -0.900. The molecule has 0 spiro atoms. The van der Waals surface area contributed by atoms with E-state index in [4.69, 9.17) is 4.42 Å². The average Bonchev–Trinajstić information content (AvgIpc) is 2.09. The summed E-state index contributed by atoms with van der Waals surface area (Å²) in [6, 6.07) is 0. The highest BCUT2D eigenvalue weighted by atomic mass is 32.1. The molecule has 0 N–H and O–H groups in total. The van der Waals surface area contributed by atoms with Gasteiger partial charge in [-0.3, -0.25) is 4.79 Å². The lowest BCUT2D eigenvalue weighted by Gasteiger charge is -1.89. The van der Waals surface area contributed by atoms with E-state index in [9.17, 15) is 9.59 Å². The minimum atomic E-state index is -0.334. The number of hydrogen-bond acceptors (Lipinski definition) is 4. The third-order valence-corrected chi connectivity index (χ3v) is 2.03. The molecule has 0 aliphatic rings. The molecule has 1 rings (SSSR count). The number of Topliss-reactive ketones (excluding diaryl/α,β-unsaturated/α-hetero) is 1. The van der Waals surface area contributed by atoms with E-state index in [1.807, 2.05) is 0 Å². The first-order chi connectivity index (χ1) is 5.09. The Morgan fingerprint density at radius 3 is 2.64 bits per heavy atom. The maximum atomic E-state index is 10.6. The van der Waals surface area contributed by atoms with E-state index in [0.717, 1.165) is 16.2 Å². The summed E-state index contributed by atoms with van der Waals surface area (Å²) >= 11 is 1.04. The fourth-order valence-electron chi connectivity index (χ4n) is 0.762. The summed E-state index contributed by atoms with van der Waals surface area (Å²) in [4.78, 5) is 21.7. The van der Waals surface area contributed by atoms with Crippen molar-refractivity contribution in [3.63, 3.8) is 0 Å². The van der Waals surface area contributed by atoms with E-state index in [-0.39, 0.29) is 17.1 Å². The lowest BCUT2D eigenvalue weighted by molar-refractivity contribution is -0.116. The molecule has 11 heavy (non-hydrogen) atoms. The van der Waals surface area contributed by atoms with Crippen LogP contribution in [0, 0.1) is 6.92 Å². The highest BCUT2D eigenvalue weighted by Gasteiger charge is 2.07. The molecule has 1 heterocycles. The van der Waals surface area contributed by atoms with Gasteiger partial charge >= 0.3 is 4.94 Å². The van der Waals surface area contributed by atoms with Crippen LogP contribution in [-0.2, 0) is 11.2 Å². The lowest BCUT2D eigenvalue weighted by atomic mass is 10.2. The van der Waals surface area contributed by atoms with Crippen molar-refractivity contribution in [3.05, 3.63) is 20.4 Å². The molecule has 0 atom stereocenters. The molecule has 0 fully saturated rings. The highest BCUT2D eigenvalue weighted by molar-refractivity contribution is 7.09. The van der Waals surface area contributed by atoms with Gasteiger partial charge in [0.05, 0.1) is 6.42 Å². The molecule has 4 heteroatoms. The van der Waals surface area contributed by atoms with Gasteiger partial charge in [0.1, 0.15) is 11.5 Å². The Morgan fingerprint density at radius 1 is 1.64 bits per heavy atom. The minimum Gasteiger partial charge on any atom is -0.418 e. The van der Waals surface area contributed by atoms with Gasteiger partial charge in [0, 0.05) is 4.88 Å². The van der Waals surface area contributed by atoms with Crippen LogP contribution in [0.15, 0.2) is 9.21 Å². The monoisotopic (exact) mass is 172 g/mol. The standard InChI is InChI=1S/C7H8O3S/c1-4(8)3-6-5(2)11-7(9)10-6/h3H2,1-2H3. The minimum absolute atomic E-state index is 0.00894. The summed E-state index contributed by atoms with van der Waals surface area (Å²) < 4.78 is 4.77. The number of carbonyl (C=O) groups is 1. The normalized spacial score (nSPS) is 10.0. The largest absolute Gasteiger partial charge is 0.418 e. The van der Waals surface area contributed by atoms with Crippen molar-refractivity contribution < 1.29 is 9.21 Å². The van der Waals surface area contributed by atoms with E-state index in [1.54, 1.807) is 6.92 Å². The van der Waals surface area contributed by atoms with E-state index in [2.05, 4.69) is 0 Å². The molecule has 0 radical (unpaired) electrons. The summed E-state index contributed by atoms with van der Waals surface area (Å²) in [7, 11) is 0. The highest BCUT2D eigenvalue weighted by Crippen LogP contribution is 2.10. The second-order valence-electron chi connectivity index (χ2n) is 2.31. The molecule has 1 aromatic rings. The fraction of sp³-hybridized carbons (Fsp3) is 0.429. The Balaban J connectivity index is 2.94. The number of carbonyl (C=O) groups excluding carboxylic acids is 1. The van der Waals surface area contributed by atoms with Gasteiger partial charge in [-0.1, -0.05) is 11.3 Å². The summed E-state index contributed by atoms with van der Waals surface area (Å²) in [6.45, 7) is 3.24. The van der Waals surface area contributed by atoms with E-state index >= 15 is 0 Å². The first kappa shape index (κ1) is 8.20. The summed E-state index contributed by atoms with van der Waals surface area (Å²) in [5, 5.41) is 0. The third kappa shape index (κ3) is 2.01. The topological polar surface area (TPSA) is 47.3 Å². The van der Waals surface area contributed by atoms with Crippen molar-refractivity contribution in [2.75, 3.05) is 0 Å². The molecule has 0 aromatic carbocycles. The molecule has 0 bridgehead atoms. The van der Waals surface area contributed by atoms with E-state index in [1.165, 1.54) is 6.92 Å². The zero-order chi connectivity index (χ0) is 8.43. The molecule has 0 saturated heterocycles. The predicted octanol–water partition coefficient (Wildman–Crippen LogP) is 1.14. The zero-order valence-corrected chi connectivity index (χ0v) is 7.16. The van der Waals surface area contributed by atoms with Crippen LogP contribution in [0.5, 0.6) is 0 Å². The molecular weight excluding hydrogens is 164 g/mol. The third-order valence-electron chi connectivity index (χ3n) is 1.25. The Bertz CT molecular complexity index is 321. The maximum absolute atomic E-state index is 10.6.